The number of rotatable bonds is 0. The molecular weight excluding hydrogens is 184 g/mol. The summed E-state index contributed by atoms with van der Waals surface area (Å²) in [6.07, 6.45) is 9.87. The summed E-state index contributed by atoms with van der Waals surface area (Å²) in [7, 11) is 0. The zero-order valence-electron chi connectivity index (χ0n) is 8.22. The third-order valence-corrected chi connectivity index (χ3v) is 3.16. The molecule has 3 aromatic rings. The van der Waals surface area contributed by atoms with Crippen molar-refractivity contribution in [3.63, 3.8) is 0 Å². The van der Waals surface area contributed by atoms with Crippen LogP contribution in [0.5, 0.6) is 0 Å². The summed E-state index contributed by atoms with van der Waals surface area (Å²) in [5.41, 5.74) is 2.57. The zero-order valence-corrected chi connectivity index (χ0v) is 8.22. The fourth-order valence-electron chi connectivity index (χ4n) is 2.53. The van der Waals surface area contributed by atoms with Crippen LogP contribution >= 0.6 is 0 Å². The standard InChI is InChI=1S/C13H10N2/c1-4-10-11(5-1)15-9-3-7-13(15)12-6-2-8-14(10)12/h2-9H,1H2. The van der Waals surface area contributed by atoms with Gasteiger partial charge in [0.1, 0.15) is 0 Å². The van der Waals surface area contributed by atoms with E-state index in [0.717, 1.165) is 6.42 Å². The topological polar surface area (TPSA) is 8.82 Å². The van der Waals surface area contributed by atoms with Crippen molar-refractivity contribution in [2.24, 2.45) is 0 Å². The Morgan fingerprint density at radius 3 is 1.87 bits per heavy atom. The Kier molecular flexibility index (Phi) is 1.15. The molecular formula is C13H10N2. The minimum absolute atomic E-state index is 1.04. The van der Waals surface area contributed by atoms with Gasteiger partial charge in [0.2, 0.25) is 0 Å². The first-order valence-electron chi connectivity index (χ1n) is 5.22. The molecule has 0 saturated carbocycles. The van der Waals surface area contributed by atoms with E-state index in [9.17, 15) is 0 Å². The van der Waals surface area contributed by atoms with Gasteiger partial charge < -0.3 is 8.80 Å². The second-order valence-corrected chi connectivity index (χ2v) is 3.94. The fourth-order valence-corrected chi connectivity index (χ4v) is 2.53. The van der Waals surface area contributed by atoms with Crippen LogP contribution in [-0.4, -0.2) is 8.80 Å². The molecule has 0 N–H and O–H groups in total. The van der Waals surface area contributed by atoms with Crippen molar-refractivity contribution in [3.8, 4) is 0 Å². The predicted molar refractivity (Wildman–Crippen MR) is 61.1 cm³/mol. The quantitative estimate of drug-likeness (QED) is 0.508. The second-order valence-electron chi connectivity index (χ2n) is 3.94. The van der Waals surface area contributed by atoms with E-state index in [0.29, 0.717) is 0 Å². The lowest BCUT2D eigenvalue weighted by Crippen LogP contribution is -2.34. The summed E-state index contributed by atoms with van der Waals surface area (Å²) in [6, 6.07) is 8.55. The Morgan fingerprint density at radius 1 is 0.800 bits per heavy atom. The SMILES string of the molecule is C1=c2c(n3cccc3c3cccn23)=CC1. The smallest absolute Gasteiger partial charge is 0.0697 e. The molecule has 3 heterocycles. The van der Waals surface area contributed by atoms with Crippen LogP contribution in [0.2, 0.25) is 0 Å². The second kappa shape index (κ2) is 2.34. The molecule has 1 aliphatic carbocycles. The maximum absolute atomic E-state index is 2.28. The molecule has 2 heteroatoms. The van der Waals surface area contributed by atoms with Crippen molar-refractivity contribution in [1.82, 2.24) is 8.80 Å². The van der Waals surface area contributed by atoms with Crippen molar-refractivity contribution >= 4 is 23.2 Å². The first-order chi connectivity index (χ1) is 7.45. The van der Waals surface area contributed by atoms with Gasteiger partial charge in [-0.2, -0.15) is 0 Å². The number of nitrogens with zero attached hydrogens (tertiary/aromatic N) is 2. The summed E-state index contributed by atoms with van der Waals surface area (Å²) >= 11 is 0. The number of aromatic nitrogens is 2. The van der Waals surface area contributed by atoms with Gasteiger partial charge in [-0.05, 0) is 30.7 Å². The Hall–Kier alpha value is -1.96. The number of fused-ring (bicyclic) bond motifs is 6. The molecule has 0 spiro atoms. The normalized spacial score (nSPS) is 14.1. The minimum Gasteiger partial charge on any atom is -0.313 e. The van der Waals surface area contributed by atoms with E-state index in [2.05, 4.69) is 57.6 Å². The van der Waals surface area contributed by atoms with Crippen LogP contribution in [0.15, 0.2) is 36.7 Å². The highest BCUT2D eigenvalue weighted by Crippen LogP contribution is 2.10. The summed E-state index contributed by atoms with van der Waals surface area (Å²) in [5, 5.41) is 2.64. The molecule has 15 heavy (non-hydrogen) atoms. The van der Waals surface area contributed by atoms with Gasteiger partial charge in [-0.25, -0.2) is 0 Å². The van der Waals surface area contributed by atoms with E-state index in [1.54, 1.807) is 0 Å². The minimum atomic E-state index is 1.04. The molecule has 0 fully saturated rings. The third-order valence-electron chi connectivity index (χ3n) is 3.16. The molecule has 0 unspecified atom stereocenters. The third kappa shape index (κ3) is 0.757. The molecule has 0 bridgehead atoms. The largest absolute Gasteiger partial charge is 0.313 e. The van der Waals surface area contributed by atoms with E-state index in [-0.39, 0.29) is 0 Å². The molecule has 0 saturated heterocycles. The summed E-state index contributed by atoms with van der Waals surface area (Å²) < 4.78 is 4.54. The highest BCUT2D eigenvalue weighted by atomic mass is 15.0. The van der Waals surface area contributed by atoms with Crippen LogP contribution in [-0.2, 0) is 0 Å². The van der Waals surface area contributed by atoms with Crippen LogP contribution < -0.4 is 10.7 Å². The van der Waals surface area contributed by atoms with Gasteiger partial charge in [-0.3, -0.25) is 0 Å². The van der Waals surface area contributed by atoms with Gasteiger partial charge in [0.15, 0.2) is 0 Å². The Balaban J connectivity index is 2.57. The van der Waals surface area contributed by atoms with Crippen molar-refractivity contribution in [3.05, 3.63) is 47.4 Å². The number of hydrogen-bond donors (Lipinski definition) is 0. The van der Waals surface area contributed by atoms with Crippen LogP contribution in [0.1, 0.15) is 6.42 Å². The van der Waals surface area contributed by atoms with Crippen molar-refractivity contribution in [2.45, 2.75) is 6.42 Å². The predicted octanol–water partition coefficient (Wildman–Crippen LogP) is 1.16. The average molecular weight is 194 g/mol. The van der Waals surface area contributed by atoms with E-state index < -0.39 is 0 Å². The van der Waals surface area contributed by atoms with Crippen molar-refractivity contribution in [2.75, 3.05) is 0 Å². The van der Waals surface area contributed by atoms with Gasteiger partial charge in [0, 0.05) is 12.4 Å². The average Bonchev–Trinajstić information content (AvgIpc) is 2.97. The molecule has 0 amide bonds. The van der Waals surface area contributed by atoms with E-state index in [1.807, 2.05) is 0 Å². The lowest BCUT2D eigenvalue weighted by molar-refractivity contribution is 1.02. The maximum atomic E-state index is 2.28. The lowest BCUT2D eigenvalue weighted by atomic mass is 10.4. The van der Waals surface area contributed by atoms with Gasteiger partial charge in [-0.1, -0.05) is 12.2 Å². The molecule has 3 aromatic heterocycles. The first kappa shape index (κ1) is 7.35. The lowest BCUT2D eigenvalue weighted by Gasteiger charge is -2.02. The molecule has 1 aliphatic rings. The van der Waals surface area contributed by atoms with Crippen LogP contribution in [0, 0.1) is 0 Å². The van der Waals surface area contributed by atoms with Crippen LogP contribution in [0.25, 0.3) is 23.2 Å². The van der Waals surface area contributed by atoms with Gasteiger partial charge in [-0.15, -0.1) is 0 Å². The van der Waals surface area contributed by atoms with Crippen molar-refractivity contribution < 1.29 is 0 Å². The Labute approximate surface area is 86.4 Å². The highest BCUT2D eigenvalue weighted by Gasteiger charge is 2.06. The molecule has 0 aliphatic heterocycles. The van der Waals surface area contributed by atoms with Crippen LogP contribution in [0.3, 0.4) is 0 Å². The fraction of sp³-hybridized carbons (Fsp3) is 0.0769. The Morgan fingerprint density at radius 2 is 1.33 bits per heavy atom. The summed E-state index contributed by atoms with van der Waals surface area (Å²) in [4.78, 5) is 0. The Bertz CT molecular complexity index is 720. The monoisotopic (exact) mass is 194 g/mol. The maximum Gasteiger partial charge on any atom is 0.0697 e. The molecule has 0 radical (unpaired) electrons. The molecule has 0 aromatic carbocycles. The first-order valence-corrected chi connectivity index (χ1v) is 5.22. The molecule has 4 rings (SSSR count). The van der Waals surface area contributed by atoms with E-state index in [4.69, 9.17) is 0 Å². The molecule has 2 nitrogen and oxygen atoms in total. The molecule has 0 atom stereocenters. The number of hydrogen-bond acceptors (Lipinski definition) is 0. The van der Waals surface area contributed by atoms with Gasteiger partial charge >= 0.3 is 0 Å². The van der Waals surface area contributed by atoms with Gasteiger partial charge in [0.25, 0.3) is 0 Å². The van der Waals surface area contributed by atoms with Crippen molar-refractivity contribution in [1.29, 1.82) is 0 Å². The summed E-state index contributed by atoms with van der Waals surface area (Å²) in [5.74, 6) is 0. The zero-order chi connectivity index (χ0) is 9.83. The van der Waals surface area contributed by atoms with Crippen LogP contribution in [0.4, 0.5) is 0 Å². The van der Waals surface area contributed by atoms with E-state index in [1.165, 1.54) is 21.7 Å². The van der Waals surface area contributed by atoms with E-state index >= 15 is 0 Å². The summed E-state index contributed by atoms with van der Waals surface area (Å²) in [6.45, 7) is 0. The molecule has 72 valence electrons. The van der Waals surface area contributed by atoms with Gasteiger partial charge in [0.05, 0.1) is 21.7 Å². The highest BCUT2D eigenvalue weighted by molar-refractivity contribution is 5.76.